The Morgan fingerprint density at radius 2 is 1.97 bits per heavy atom. The minimum Gasteiger partial charge on any atom is -0.414 e. The number of hydrogen-bond acceptors (Lipinski definition) is 5. The molecule has 0 aliphatic carbocycles. The van der Waals surface area contributed by atoms with Crippen molar-refractivity contribution < 1.29 is 14.0 Å². The van der Waals surface area contributed by atoms with Crippen LogP contribution in [0.2, 0.25) is 18.1 Å². The number of aromatic amines is 2. The van der Waals surface area contributed by atoms with E-state index in [1.807, 2.05) is 24.3 Å². The van der Waals surface area contributed by atoms with Gasteiger partial charge in [-0.1, -0.05) is 39.0 Å². The zero-order valence-corrected chi connectivity index (χ0v) is 22.1. The molecule has 2 aromatic heterocycles. The predicted octanol–water partition coefficient (Wildman–Crippen LogP) is 3.43. The summed E-state index contributed by atoms with van der Waals surface area (Å²) in [5.41, 5.74) is 0.870. The molecule has 35 heavy (non-hydrogen) atoms. The van der Waals surface area contributed by atoms with Crippen LogP contribution in [0.25, 0.3) is 10.9 Å². The molecule has 1 aliphatic rings. The average molecular weight is 499 g/mol. The Labute approximate surface area is 205 Å². The summed E-state index contributed by atoms with van der Waals surface area (Å²) in [7, 11) is -2.07. The van der Waals surface area contributed by atoms with Crippen molar-refractivity contribution in [3.05, 3.63) is 68.6 Å². The molecule has 188 valence electrons. The fraction of sp³-hybridized carbons (Fsp3) is 0.480. The molecule has 0 spiro atoms. The predicted molar refractivity (Wildman–Crippen MR) is 137 cm³/mol. The van der Waals surface area contributed by atoms with Crippen molar-refractivity contribution in [1.82, 2.24) is 19.9 Å². The number of carbonyl (C=O) groups excluding carboxylic acids is 1. The van der Waals surface area contributed by atoms with Gasteiger partial charge < -0.3 is 19.5 Å². The third-order valence-corrected chi connectivity index (χ3v) is 11.8. The van der Waals surface area contributed by atoms with E-state index in [9.17, 15) is 14.4 Å². The highest BCUT2D eigenvalue weighted by Gasteiger charge is 2.42. The minimum absolute atomic E-state index is 0.0146. The second-order valence-corrected chi connectivity index (χ2v) is 15.6. The van der Waals surface area contributed by atoms with Crippen molar-refractivity contribution in [3.8, 4) is 0 Å². The molecule has 0 saturated carbocycles. The van der Waals surface area contributed by atoms with Crippen LogP contribution in [0.1, 0.15) is 49.3 Å². The van der Waals surface area contributed by atoms with Crippen molar-refractivity contribution >= 4 is 25.1 Å². The van der Waals surface area contributed by atoms with Gasteiger partial charge in [0.1, 0.15) is 12.3 Å². The first kappa shape index (κ1) is 25.1. The molecule has 0 unspecified atom stereocenters. The fourth-order valence-electron chi connectivity index (χ4n) is 4.02. The first-order valence-electron chi connectivity index (χ1n) is 11.9. The maximum atomic E-state index is 13.3. The van der Waals surface area contributed by atoms with Crippen LogP contribution in [-0.4, -0.2) is 47.5 Å². The molecule has 1 amide bonds. The lowest BCUT2D eigenvalue weighted by Gasteiger charge is -2.37. The van der Waals surface area contributed by atoms with E-state index in [1.165, 1.54) is 10.8 Å². The number of aromatic nitrogens is 3. The van der Waals surface area contributed by atoms with Crippen molar-refractivity contribution in [2.24, 2.45) is 0 Å². The van der Waals surface area contributed by atoms with Crippen LogP contribution in [0, 0.1) is 6.92 Å². The Balaban J connectivity index is 1.60. The van der Waals surface area contributed by atoms with Gasteiger partial charge in [0.25, 0.3) is 11.5 Å². The molecule has 10 heteroatoms. The Kier molecular flexibility index (Phi) is 6.65. The molecule has 4 rings (SSSR count). The number of fused-ring (bicyclic) bond motifs is 1. The van der Waals surface area contributed by atoms with E-state index >= 15 is 0 Å². The van der Waals surface area contributed by atoms with E-state index in [4.69, 9.17) is 9.16 Å². The Morgan fingerprint density at radius 1 is 1.26 bits per heavy atom. The summed E-state index contributed by atoms with van der Waals surface area (Å²) in [5, 5.41) is 3.96. The Hall–Kier alpha value is -2.95. The highest BCUT2D eigenvalue weighted by Crippen LogP contribution is 2.38. The summed E-state index contributed by atoms with van der Waals surface area (Å²) < 4.78 is 14.1. The van der Waals surface area contributed by atoms with E-state index in [0.717, 1.165) is 10.9 Å². The SMILES string of the molecule is Cc1cn([C@H]2C[C@H](NC(=O)c3c[nH]c4ccccc34)[C@@H](CO[Si](C)(C)C(C)(C)C)O2)c(=O)[nH]c1=O. The van der Waals surface area contributed by atoms with Crippen LogP contribution in [0.15, 0.2) is 46.2 Å². The second kappa shape index (κ2) is 9.25. The Morgan fingerprint density at radius 3 is 2.69 bits per heavy atom. The summed E-state index contributed by atoms with van der Waals surface area (Å²) in [6.07, 6.45) is 2.47. The summed E-state index contributed by atoms with van der Waals surface area (Å²) in [4.78, 5) is 43.1. The highest BCUT2D eigenvalue weighted by molar-refractivity contribution is 6.74. The zero-order valence-electron chi connectivity index (χ0n) is 21.1. The molecule has 1 aliphatic heterocycles. The van der Waals surface area contributed by atoms with Crippen LogP contribution in [0.3, 0.4) is 0 Å². The number of H-pyrrole nitrogens is 2. The molecular formula is C25H34N4O5Si. The van der Waals surface area contributed by atoms with Gasteiger partial charge in [0.05, 0.1) is 18.2 Å². The molecule has 9 nitrogen and oxygen atoms in total. The fourth-order valence-corrected chi connectivity index (χ4v) is 5.03. The summed E-state index contributed by atoms with van der Waals surface area (Å²) in [6, 6.07) is 7.23. The number of ether oxygens (including phenoxy) is 1. The van der Waals surface area contributed by atoms with Gasteiger partial charge in [-0.2, -0.15) is 0 Å². The molecule has 3 N–H and O–H groups in total. The molecule has 0 radical (unpaired) electrons. The molecule has 1 aromatic carbocycles. The molecule has 3 atom stereocenters. The number of para-hydroxylation sites is 1. The minimum atomic E-state index is -2.07. The number of benzene rings is 1. The van der Waals surface area contributed by atoms with E-state index in [-0.39, 0.29) is 17.0 Å². The van der Waals surface area contributed by atoms with E-state index in [1.54, 1.807) is 13.1 Å². The number of rotatable bonds is 6. The summed E-state index contributed by atoms with van der Waals surface area (Å²) in [5.74, 6) is -0.223. The largest absolute Gasteiger partial charge is 0.414 e. The molecule has 0 bridgehead atoms. The first-order chi connectivity index (χ1) is 16.4. The number of aryl methyl sites for hydroxylation is 1. The number of carbonyl (C=O) groups is 1. The van der Waals surface area contributed by atoms with E-state index in [2.05, 4.69) is 49.1 Å². The first-order valence-corrected chi connectivity index (χ1v) is 14.8. The van der Waals surface area contributed by atoms with Gasteiger partial charge in [-0.3, -0.25) is 19.1 Å². The zero-order chi connectivity index (χ0) is 25.5. The molecule has 1 saturated heterocycles. The van der Waals surface area contributed by atoms with Crippen LogP contribution >= 0.6 is 0 Å². The molecular weight excluding hydrogens is 464 g/mol. The lowest BCUT2D eigenvalue weighted by atomic mass is 10.1. The molecule has 1 fully saturated rings. The van der Waals surface area contributed by atoms with Gasteiger partial charge in [-0.15, -0.1) is 0 Å². The third kappa shape index (κ3) is 5.05. The summed E-state index contributed by atoms with van der Waals surface area (Å²) >= 11 is 0. The van der Waals surface area contributed by atoms with Crippen LogP contribution in [0.5, 0.6) is 0 Å². The van der Waals surface area contributed by atoms with E-state index < -0.39 is 31.9 Å². The van der Waals surface area contributed by atoms with E-state index in [0.29, 0.717) is 24.2 Å². The lowest BCUT2D eigenvalue weighted by molar-refractivity contribution is -0.0263. The normalized spacial score (nSPS) is 20.9. The van der Waals surface area contributed by atoms with Gasteiger partial charge in [0, 0.05) is 35.3 Å². The van der Waals surface area contributed by atoms with Crippen molar-refractivity contribution in [3.63, 3.8) is 0 Å². The summed E-state index contributed by atoms with van der Waals surface area (Å²) in [6.45, 7) is 12.7. The van der Waals surface area contributed by atoms with Gasteiger partial charge in [-0.05, 0) is 31.1 Å². The third-order valence-electron chi connectivity index (χ3n) is 7.26. The topological polar surface area (TPSA) is 118 Å². The van der Waals surface area contributed by atoms with Crippen molar-refractivity contribution in [2.75, 3.05) is 6.61 Å². The highest BCUT2D eigenvalue weighted by atomic mass is 28.4. The Bertz CT molecular complexity index is 1350. The van der Waals surface area contributed by atoms with Crippen LogP contribution in [-0.2, 0) is 9.16 Å². The van der Waals surface area contributed by atoms with Gasteiger partial charge in [-0.25, -0.2) is 4.79 Å². The number of nitrogens with one attached hydrogen (secondary N) is 3. The quantitative estimate of drug-likeness (QED) is 0.450. The molecule has 3 aromatic rings. The van der Waals surface area contributed by atoms with Gasteiger partial charge >= 0.3 is 5.69 Å². The second-order valence-electron chi connectivity index (χ2n) is 10.7. The maximum absolute atomic E-state index is 13.3. The monoisotopic (exact) mass is 498 g/mol. The smallest absolute Gasteiger partial charge is 0.330 e. The lowest BCUT2D eigenvalue weighted by Crippen LogP contribution is -2.47. The number of nitrogens with zero attached hydrogens (tertiary/aromatic N) is 1. The van der Waals surface area contributed by atoms with Gasteiger partial charge in [0.15, 0.2) is 8.32 Å². The number of amides is 1. The maximum Gasteiger partial charge on any atom is 0.330 e. The van der Waals surface area contributed by atoms with Crippen LogP contribution in [0.4, 0.5) is 0 Å². The van der Waals surface area contributed by atoms with Crippen molar-refractivity contribution in [2.45, 2.75) is 70.6 Å². The average Bonchev–Trinajstić information content (AvgIpc) is 3.38. The van der Waals surface area contributed by atoms with Crippen molar-refractivity contribution in [1.29, 1.82) is 0 Å². The van der Waals surface area contributed by atoms with Crippen LogP contribution < -0.4 is 16.6 Å². The van der Waals surface area contributed by atoms with Gasteiger partial charge in [0.2, 0.25) is 0 Å². The number of hydrogen-bond donors (Lipinski definition) is 3. The molecule has 3 heterocycles. The standard InChI is InChI=1S/C25H34N4O5Si/c1-15-13-29(24(32)28-22(15)30)21-11-19(20(34-21)14-33-35(5,6)25(2,3)4)27-23(31)17-12-26-18-10-8-7-9-16(17)18/h7-10,12-13,19-21,26H,11,14H2,1-6H3,(H,27,31)(H,28,30,32)/t19-,20+,21+/m0/s1.